The second-order valence-electron chi connectivity index (χ2n) is 7.72. The van der Waals surface area contributed by atoms with E-state index in [4.69, 9.17) is 0 Å². The van der Waals surface area contributed by atoms with Crippen LogP contribution in [-0.2, 0) is 11.3 Å². The molecule has 1 heterocycles. The average Bonchev–Trinajstić information content (AvgIpc) is 3.64. The zero-order valence-corrected chi connectivity index (χ0v) is 18.9. The molecule has 4 rings (SSSR count). The minimum absolute atomic E-state index is 0.0262. The van der Waals surface area contributed by atoms with Crippen molar-refractivity contribution in [3.63, 3.8) is 0 Å². The first-order valence-electron chi connectivity index (χ1n) is 10.1. The standard InChI is InChI=1S/C24H19BrN4O3/c1-15-21(25)13-27-23(22(15)29(31)32)28(24(30)18-8-9-18)14-16-7-10-20(19(11-16)12-26)17-5-3-2-4-6-17/h2-7,10-11,13,18H,8-9,14H2,1H3. The number of aromatic nitrogens is 1. The maximum Gasteiger partial charge on any atom is 0.316 e. The van der Waals surface area contributed by atoms with Crippen LogP contribution in [0.15, 0.2) is 59.2 Å². The van der Waals surface area contributed by atoms with Gasteiger partial charge in [-0.15, -0.1) is 0 Å². The Kier molecular flexibility index (Phi) is 6.01. The summed E-state index contributed by atoms with van der Waals surface area (Å²) in [5.74, 6) is -0.314. The van der Waals surface area contributed by atoms with Crippen molar-refractivity contribution in [2.45, 2.75) is 26.3 Å². The van der Waals surface area contributed by atoms with Gasteiger partial charge < -0.3 is 0 Å². The molecule has 1 amide bonds. The minimum atomic E-state index is -0.505. The fourth-order valence-electron chi connectivity index (χ4n) is 3.61. The first-order valence-corrected chi connectivity index (χ1v) is 10.9. The van der Waals surface area contributed by atoms with E-state index in [9.17, 15) is 20.2 Å². The van der Waals surface area contributed by atoms with Crippen LogP contribution in [0.3, 0.4) is 0 Å². The molecule has 0 bridgehead atoms. The van der Waals surface area contributed by atoms with Crippen molar-refractivity contribution in [2.75, 3.05) is 4.90 Å². The SMILES string of the molecule is Cc1c(Br)cnc(N(Cc2ccc(-c3ccccc3)c(C#N)c2)C(=O)C2CC2)c1[N+](=O)[O-]. The predicted molar refractivity (Wildman–Crippen MR) is 124 cm³/mol. The van der Waals surface area contributed by atoms with Crippen LogP contribution in [0, 0.1) is 34.3 Å². The molecule has 1 aromatic heterocycles. The first kappa shape index (κ1) is 21.7. The van der Waals surface area contributed by atoms with E-state index in [1.807, 2.05) is 42.5 Å². The van der Waals surface area contributed by atoms with Crippen LogP contribution < -0.4 is 4.90 Å². The number of anilines is 1. The molecule has 0 aliphatic heterocycles. The number of halogens is 1. The summed E-state index contributed by atoms with van der Waals surface area (Å²) in [6.07, 6.45) is 2.99. The summed E-state index contributed by atoms with van der Waals surface area (Å²) in [5, 5.41) is 21.5. The molecule has 0 atom stereocenters. The van der Waals surface area contributed by atoms with E-state index >= 15 is 0 Å². The highest BCUT2D eigenvalue weighted by atomic mass is 79.9. The molecule has 1 fully saturated rings. The van der Waals surface area contributed by atoms with Gasteiger partial charge >= 0.3 is 5.69 Å². The summed E-state index contributed by atoms with van der Waals surface area (Å²) in [7, 11) is 0. The Labute approximate surface area is 193 Å². The fourth-order valence-corrected chi connectivity index (χ4v) is 3.90. The number of carbonyl (C=O) groups is 1. The molecule has 0 unspecified atom stereocenters. The Morgan fingerprint density at radius 1 is 1.28 bits per heavy atom. The number of pyridine rings is 1. The van der Waals surface area contributed by atoms with Gasteiger partial charge in [0.25, 0.3) is 0 Å². The number of nitro groups is 1. The van der Waals surface area contributed by atoms with E-state index < -0.39 is 4.92 Å². The summed E-state index contributed by atoms with van der Waals surface area (Å²) in [4.78, 5) is 30.1. The van der Waals surface area contributed by atoms with Crippen molar-refractivity contribution in [3.05, 3.63) is 86.0 Å². The second kappa shape index (κ2) is 8.89. The van der Waals surface area contributed by atoms with Gasteiger partial charge in [-0.3, -0.25) is 19.8 Å². The lowest BCUT2D eigenvalue weighted by Crippen LogP contribution is -2.33. The number of nitriles is 1. The van der Waals surface area contributed by atoms with E-state index in [1.165, 1.54) is 11.1 Å². The van der Waals surface area contributed by atoms with E-state index in [-0.39, 0.29) is 29.9 Å². The highest BCUT2D eigenvalue weighted by Crippen LogP contribution is 2.39. The van der Waals surface area contributed by atoms with Crippen LogP contribution in [0.1, 0.15) is 29.5 Å². The van der Waals surface area contributed by atoms with Crippen LogP contribution in [-0.4, -0.2) is 15.8 Å². The summed E-state index contributed by atoms with van der Waals surface area (Å²) in [6.45, 7) is 1.71. The smallest absolute Gasteiger partial charge is 0.286 e. The largest absolute Gasteiger partial charge is 0.316 e. The molecule has 0 radical (unpaired) electrons. The minimum Gasteiger partial charge on any atom is -0.286 e. The molecule has 3 aromatic rings. The number of nitrogens with zero attached hydrogens (tertiary/aromatic N) is 4. The summed E-state index contributed by atoms with van der Waals surface area (Å²) in [6, 6.07) is 17.2. The third-order valence-electron chi connectivity index (χ3n) is 5.49. The third-order valence-corrected chi connectivity index (χ3v) is 6.29. The van der Waals surface area contributed by atoms with Crippen LogP contribution in [0.25, 0.3) is 11.1 Å². The van der Waals surface area contributed by atoms with Crippen molar-refractivity contribution < 1.29 is 9.72 Å². The molecular formula is C24H19BrN4O3. The normalized spacial score (nSPS) is 12.8. The number of amides is 1. The predicted octanol–water partition coefficient (Wildman–Crippen LogP) is 5.54. The van der Waals surface area contributed by atoms with E-state index in [0.717, 1.165) is 24.0 Å². The van der Waals surface area contributed by atoms with Gasteiger partial charge in [0, 0.05) is 22.2 Å². The molecule has 8 heteroatoms. The number of rotatable bonds is 6. The second-order valence-corrected chi connectivity index (χ2v) is 8.57. The van der Waals surface area contributed by atoms with Gasteiger partial charge in [-0.2, -0.15) is 5.26 Å². The maximum atomic E-state index is 13.1. The maximum absolute atomic E-state index is 13.1. The van der Waals surface area contributed by atoms with Crippen molar-refractivity contribution >= 4 is 33.3 Å². The molecule has 1 saturated carbocycles. The Morgan fingerprint density at radius 2 is 2.00 bits per heavy atom. The van der Waals surface area contributed by atoms with Crippen LogP contribution >= 0.6 is 15.9 Å². The average molecular weight is 491 g/mol. The molecule has 2 aromatic carbocycles. The highest BCUT2D eigenvalue weighted by molar-refractivity contribution is 9.10. The molecule has 1 aliphatic carbocycles. The van der Waals surface area contributed by atoms with Gasteiger partial charge in [0.05, 0.1) is 23.1 Å². The molecule has 1 aliphatic rings. The monoisotopic (exact) mass is 490 g/mol. The Morgan fingerprint density at radius 3 is 2.62 bits per heavy atom. The lowest BCUT2D eigenvalue weighted by atomic mass is 9.98. The van der Waals surface area contributed by atoms with Gasteiger partial charge in [0.1, 0.15) is 0 Å². The number of hydrogen-bond donors (Lipinski definition) is 0. The van der Waals surface area contributed by atoms with E-state index in [2.05, 4.69) is 27.0 Å². The van der Waals surface area contributed by atoms with E-state index in [1.54, 1.807) is 13.0 Å². The quantitative estimate of drug-likeness (QED) is 0.333. The number of benzene rings is 2. The van der Waals surface area contributed by atoms with Crippen LogP contribution in [0.4, 0.5) is 11.5 Å². The Hall–Kier alpha value is -3.57. The Balaban J connectivity index is 1.76. The van der Waals surface area contributed by atoms with Crippen molar-refractivity contribution in [2.24, 2.45) is 5.92 Å². The zero-order valence-electron chi connectivity index (χ0n) is 17.3. The molecular weight excluding hydrogens is 472 g/mol. The lowest BCUT2D eigenvalue weighted by molar-refractivity contribution is -0.384. The van der Waals surface area contributed by atoms with E-state index in [0.29, 0.717) is 21.2 Å². The lowest BCUT2D eigenvalue weighted by Gasteiger charge is -2.23. The Bertz CT molecular complexity index is 1250. The zero-order chi connectivity index (χ0) is 22.8. The molecule has 0 N–H and O–H groups in total. The van der Waals surface area contributed by atoms with Crippen LogP contribution in [0.2, 0.25) is 0 Å². The third kappa shape index (κ3) is 4.25. The molecule has 32 heavy (non-hydrogen) atoms. The van der Waals surface area contributed by atoms with Gasteiger partial charge in [-0.1, -0.05) is 42.5 Å². The topological polar surface area (TPSA) is 100 Å². The summed E-state index contributed by atoms with van der Waals surface area (Å²) >= 11 is 3.29. The summed E-state index contributed by atoms with van der Waals surface area (Å²) in [5.41, 5.74) is 3.09. The number of hydrogen-bond acceptors (Lipinski definition) is 5. The van der Waals surface area contributed by atoms with Gasteiger partial charge in [0.2, 0.25) is 11.7 Å². The molecule has 7 nitrogen and oxygen atoms in total. The molecule has 160 valence electrons. The fraction of sp³-hybridized carbons (Fsp3) is 0.208. The molecule has 0 spiro atoms. The van der Waals surface area contributed by atoms with Crippen molar-refractivity contribution in [3.8, 4) is 17.2 Å². The summed E-state index contributed by atoms with van der Waals surface area (Å²) < 4.78 is 0.505. The first-order chi connectivity index (χ1) is 15.4. The highest BCUT2D eigenvalue weighted by Gasteiger charge is 2.38. The van der Waals surface area contributed by atoms with Crippen molar-refractivity contribution in [1.29, 1.82) is 5.26 Å². The van der Waals surface area contributed by atoms with Gasteiger partial charge in [-0.05, 0) is 58.5 Å². The molecule has 0 saturated heterocycles. The number of carbonyl (C=O) groups excluding carboxylic acids is 1. The van der Waals surface area contributed by atoms with Gasteiger partial charge in [-0.25, -0.2) is 4.98 Å². The van der Waals surface area contributed by atoms with Crippen molar-refractivity contribution in [1.82, 2.24) is 4.98 Å². The van der Waals surface area contributed by atoms with Gasteiger partial charge in [0.15, 0.2) is 0 Å². The van der Waals surface area contributed by atoms with Crippen LogP contribution in [0.5, 0.6) is 0 Å².